The Bertz CT molecular complexity index is 557. The first kappa shape index (κ1) is 15.5. The first-order chi connectivity index (χ1) is 9.49. The Morgan fingerprint density at radius 3 is 2.85 bits per heavy atom. The summed E-state index contributed by atoms with van der Waals surface area (Å²) in [5.41, 5.74) is 0.164. The molecule has 0 amide bonds. The van der Waals surface area contributed by atoms with E-state index in [0.717, 1.165) is 12.8 Å². The first-order valence-corrected chi connectivity index (χ1v) is 8.80. The van der Waals surface area contributed by atoms with Crippen molar-refractivity contribution in [2.45, 2.75) is 38.0 Å². The number of hydrogen-bond acceptors (Lipinski definition) is 4. The summed E-state index contributed by atoms with van der Waals surface area (Å²) in [5.74, 6) is 0.552. The van der Waals surface area contributed by atoms with Gasteiger partial charge in [0.15, 0.2) is 0 Å². The molecule has 1 aromatic rings. The molecular weight excluding hydrogens is 298 g/mol. The van der Waals surface area contributed by atoms with Crippen molar-refractivity contribution in [2.75, 3.05) is 18.1 Å². The van der Waals surface area contributed by atoms with Crippen LogP contribution >= 0.6 is 11.6 Å². The Kier molecular flexibility index (Phi) is 5.21. The third-order valence-corrected chi connectivity index (χ3v) is 5.37. The van der Waals surface area contributed by atoms with Crippen LogP contribution in [0.1, 0.15) is 26.2 Å². The molecule has 112 valence electrons. The molecule has 1 aliphatic carbocycles. The van der Waals surface area contributed by atoms with Crippen LogP contribution in [0.4, 0.5) is 5.69 Å². The molecule has 0 saturated heterocycles. The van der Waals surface area contributed by atoms with Gasteiger partial charge in [0, 0.05) is 35.4 Å². The lowest BCUT2D eigenvalue weighted by Gasteiger charge is -2.25. The standard InChI is InChI=1S/C13H20ClN3O2S/c1-9(20(2)19)6-15-12-11(14)7-16-17(13(12)18)8-10-4-3-5-10/h7,9-10,15H,3-6,8H2,1-2H3. The molecule has 7 heteroatoms. The zero-order valence-electron chi connectivity index (χ0n) is 11.8. The molecule has 2 atom stereocenters. The minimum Gasteiger partial charge on any atom is -0.378 e. The Hall–Kier alpha value is -0.880. The number of halogens is 1. The molecule has 2 rings (SSSR count). The molecule has 20 heavy (non-hydrogen) atoms. The summed E-state index contributed by atoms with van der Waals surface area (Å²) in [7, 11) is -0.934. The van der Waals surface area contributed by atoms with Gasteiger partial charge >= 0.3 is 0 Å². The van der Waals surface area contributed by atoms with Gasteiger partial charge < -0.3 is 5.32 Å². The van der Waals surface area contributed by atoms with Gasteiger partial charge in [0.05, 0.1) is 11.2 Å². The van der Waals surface area contributed by atoms with Crippen molar-refractivity contribution in [2.24, 2.45) is 5.92 Å². The van der Waals surface area contributed by atoms with E-state index in [1.54, 1.807) is 6.26 Å². The van der Waals surface area contributed by atoms with Crippen molar-refractivity contribution in [3.05, 3.63) is 21.6 Å². The maximum Gasteiger partial charge on any atom is 0.291 e. The summed E-state index contributed by atoms with van der Waals surface area (Å²) in [6.07, 6.45) is 6.70. The average molecular weight is 318 g/mol. The zero-order chi connectivity index (χ0) is 14.7. The number of nitrogens with zero attached hydrogens (tertiary/aromatic N) is 2. The average Bonchev–Trinajstić information content (AvgIpc) is 2.35. The third-order valence-electron chi connectivity index (χ3n) is 3.79. The lowest BCUT2D eigenvalue weighted by molar-refractivity contribution is 0.262. The summed E-state index contributed by atoms with van der Waals surface area (Å²) in [6, 6.07) is 0. The molecule has 1 aliphatic rings. The molecule has 2 unspecified atom stereocenters. The van der Waals surface area contributed by atoms with Gasteiger partial charge in [-0.25, -0.2) is 4.68 Å². The summed E-state index contributed by atoms with van der Waals surface area (Å²) < 4.78 is 12.8. The normalized spacial score (nSPS) is 18.4. The smallest absolute Gasteiger partial charge is 0.291 e. The van der Waals surface area contributed by atoms with Gasteiger partial charge in [-0.1, -0.05) is 18.0 Å². The van der Waals surface area contributed by atoms with Crippen LogP contribution in [0.2, 0.25) is 5.02 Å². The number of nitrogens with one attached hydrogen (secondary N) is 1. The highest BCUT2D eigenvalue weighted by molar-refractivity contribution is 7.84. The lowest BCUT2D eigenvalue weighted by atomic mass is 9.85. The number of aromatic nitrogens is 2. The molecule has 1 saturated carbocycles. The number of anilines is 1. The largest absolute Gasteiger partial charge is 0.378 e. The van der Waals surface area contributed by atoms with E-state index >= 15 is 0 Å². The Balaban J connectivity index is 2.12. The molecule has 1 N–H and O–H groups in total. The van der Waals surface area contributed by atoms with Gasteiger partial charge in [0.1, 0.15) is 5.69 Å². The van der Waals surface area contributed by atoms with Crippen molar-refractivity contribution in [1.29, 1.82) is 0 Å². The minimum absolute atomic E-state index is 0.0429. The van der Waals surface area contributed by atoms with Crippen LogP contribution in [0.5, 0.6) is 0 Å². The van der Waals surface area contributed by atoms with Crippen LogP contribution in [0.25, 0.3) is 0 Å². The van der Waals surface area contributed by atoms with E-state index in [2.05, 4.69) is 10.4 Å². The molecule has 1 heterocycles. The van der Waals surface area contributed by atoms with Crippen molar-refractivity contribution >= 4 is 28.1 Å². The zero-order valence-corrected chi connectivity index (χ0v) is 13.3. The highest BCUT2D eigenvalue weighted by atomic mass is 35.5. The summed E-state index contributed by atoms with van der Waals surface area (Å²) in [5, 5.41) is 7.38. The Morgan fingerprint density at radius 2 is 2.30 bits per heavy atom. The molecule has 0 bridgehead atoms. The van der Waals surface area contributed by atoms with Crippen molar-refractivity contribution in [3.8, 4) is 0 Å². The minimum atomic E-state index is -0.934. The van der Waals surface area contributed by atoms with E-state index in [0.29, 0.717) is 29.7 Å². The summed E-state index contributed by atoms with van der Waals surface area (Å²) in [6.45, 7) is 2.97. The predicted octanol–water partition coefficient (Wildman–Crippen LogP) is 1.88. The molecule has 1 fully saturated rings. The third kappa shape index (κ3) is 3.61. The van der Waals surface area contributed by atoms with Crippen molar-refractivity contribution in [3.63, 3.8) is 0 Å². The summed E-state index contributed by atoms with van der Waals surface area (Å²) in [4.78, 5) is 12.3. The Morgan fingerprint density at radius 1 is 1.60 bits per heavy atom. The molecule has 5 nitrogen and oxygen atoms in total. The van der Waals surface area contributed by atoms with Gasteiger partial charge in [0.25, 0.3) is 5.56 Å². The highest BCUT2D eigenvalue weighted by Gasteiger charge is 2.20. The van der Waals surface area contributed by atoms with Crippen molar-refractivity contribution in [1.82, 2.24) is 9.78 Å². The van der Waals surface area contributed by atoms with Crippen LogP contribution in [0.15, 0.2) is 11.0 Å². The molecule has 0 radical (unpaired) electrons. The van der Waals surface area contributed by atoms with Crippen LogP contribution in [0, 0.1) is 5.92 Å². The Labute approximate surface area is 126 Å². The second-order valence-electron chi connectivity index (χ2n) is 5.34. The fourth-order valence-electron chi connectivity index (χ4n) is 2.04. The van der Waals surface area contributed by atoms with E-state index in [1.807, 2.05) is 6.92 Å². The van der Waals surface area contributed by atoms with E-state index < -0.39 is 10.8 Å². The highest BCUT2D eigenvalue weighted by Crippen LogP contribution is 2.27. The van der Waals surface area contributed by atoms with Crippen LogP contribution in [-0.2, 0) is 17.3 Å². The van der Waals surface area contributed by atoms with Gasteiger partial charge in [-0.3, -0.25) is 9.00 Å². The lowest BCUT2D eigenvalue weighted by Crippen LogP contribution is -2.32. The number of hydrogen-bond donors (Lipinski definition) is 1. The van der Waals surface area contributed by atoms with Gasteiger partial charge in [-0.15, -0.1) is 0 Å². The van der Waals surface area contributed by atoms with E-state index in [4.69, 9.17) is 11.6 Å². The maximum atomic E-state index is 12.3. The van der Waals surface area contributed by atoms with E-state index in [9.17, 15) is 9.00 Å². The van der Waals surface area contributed by atoms with Gasteiger partial charge in [0.2, 0.25) is 0 Å². The molecule has 0 aromatic carbocycles. The maximum absolute atomic E-state index is 12.3. The molecule has 0 aliphatic heterocycles. The van der Waals surface area contributed by atoms with Gasteiger partial charge in [-0.2, -0.15) is 5.10 Å². The monoisotopic (exact) mass is 317 g/mol. The van der Waals surface area contributed by atoms with E-state index in [1.165, 1.54) is 17.3 Å². The fourth-order valence-corrected chi connectivity index (χ4v) is 2.55. The van der Waals surface area contributed by atoms with E-state index in [-0.39, 0.29) is 10.8 Å². The molecule has 0 spiro atoms. The van der Waals surface area contributed by atoms with Crippen LogP contribution in [0.3, 0.4) is 0 Å². The second-order valence-corrected chi connectivity index (χ2v) is 7.55. The van der Waals surface area contributed by atoms with Gasteiger partial charge in [-0.05, 0) is 25.7 Å². The quantitative estimate of drug-likeness (QED) is 0.870. The van der Waals surface area contributed by atoms with Crippen molar-refractivity contribution < 1.29 is 4.21 Å². The fraction of sp³-hybridized carbons (Fsp3) is 0.692. The first-order valence-electron chi connectivity index (χ1n) is 6.80. The molecule has 1 aromatic heterocycles. The number of rotatable bonds is 6. The van der Waals surface area contributed by atoms with Crippen LogP contribution in [-0.4, -0.2) is 32.0 Å². The van der Waals surface area contributed by atoms with Crippen LogP contribution < -0.4 is 10.9 Å². The second kappa shape index (κ2) is 6.72. The summed E-state index contributed by atoms with van der Waals surface area (Å²) >= 11 is 6.03. The molecular formula is C13H20ClN3O2S. The SMILES string of the molecule is CC(CNc1c(Cl)cnn(CC2CCC2)c1=O)S(C)=O. The topological polar surface area (TPSA) is 64.0 Å². The predicted molar refractivity (Wildman–Crippen MR) is 82.9 cm³/mol.